The quantitative estimate of drug-likeness (QED) is 0.787. The lowest BCUT2D eigenvalue weighted by Crippen LogP contribution is -2.23. The average molecular weight is 268 g/mol. The molecule has 4 nitrogen and oxygen atoms in total. The van der Waals surface area contributed by atoms with E-state index in [4.69, 9.17) is 0 Å². The zero-order valence-electron chi connectivity index (χ0n) is 10.9. The fourth-order valence-corrected chi connectivity index (χ4v) is 3.06. The summed E-state index contributed by atoms with van der Waals surface area (Å²) in [5, 5.41) is 3.17. The van der Waals surface area contributed by atoms with Crippen LogP contribution in [-0.4, -0.2) is 31.2 Å². The Morgan fingerprint density at radius 3 is 2.78 bits per heavy atom. The third-order valence-corrected chi connectivity index (χ3v) is 4.18. The van der Waals surface area contributed by atoms with Crippen LogP contribution in [0.3, 0.4) is 0 Å². The number of aryl methyl sites for hydroxylation is 1. The number of esters is 1. The number of carbonyl (C=O) groups is 1. The number of methoxy groups -OCH3 is 1. The maximum atomic E-state index is 11.1. The van der Waals surface area contributed by atoms with Crippen LogP contribution in [0.15, 0.2) is 5.38 Å². The van der Waals surface area contributed by atoms with Crippen molar-refractivity contribution in [3.63, 3.8) is 0 Å². The minimum Gasteiger partial charge on any atom is -0.469 e. The average Bonchev–Trinajstić information content (AvgIpc) is 2.69. The van der Waals surface area contributed by atoms with Crippen molar-refractivity contribution >= 4 is 22.4 Å². The van der Waals surface area contributed by atoms with E-state index in [0.29, 0.717) is 12.8 Å². The number of hydrogen-bond acceptors (Lipinski definition) is 5. The van der Waals surface area contributed by atoms with Gasteiger partial charge >= 0.3 is 5.97 Å². The minimum atomic E-state index is -0.167. The Morgan fingerprint density at radius 1 is 1.39 bits per heavy atom. The summed E-state index contributed by atoms with van der Waals surface area (Å²) in [4.78, 5) is 18.1. The first kappa shape index (κ1) is 13.3. The molecular formula is C13H20N2O2S. The lowest BCUT2D eigenvalue weighted by molar-refractivity contribution is -0.140. The van der Waals surface area contributed by atoms with Gasteiger partial charge in [0.05, 0.1) is 19.2 Å². The Bertz CT molecular complexity index is 384. The predicted octanol–water partition coefficient (Wildman–Crippen LogP) is 2.63. The molecule has 2 rings (SSSR count). The zero-order valence-corrected chi connectivity index (χ0v) is 11.7. The largest absolute Gasteiger partial charge is 0.469 e. The van der Waals surface area contributed by atoms with Crippen LogP contribution >= 0.6 is 11.3 Å². The van der Waals surface area contributed by atoms with Gasteiger partial charge in [0.2, 0.25) is 0 Å². The van der Waals surface area contributed by atoms with Crippen LogP contribution in [0.1, 0.15) is 37.8 Å². The molecule has 1 aromatic heterocycles. The second kappa shape index (κ2) is 6.73. The molecule has 2 heterocycles. The predicted molar refractivity (Wildman–Crippen MR) is 73.1 cm³/mol. The van der Waals surface area contributed by atoms with Crippen molar-refractivity contribution in [2.24, 2.45) is 0 Å². The van der Waals surface area contributed by atoms with E-state index in [2.05, 4.69) is 20.0 Å². The van der Waals surface area contributed by atoms with Crippen LogP contribution < -0.4 is 4.90 Å². The molecule has 0 amide bonds. The number of anilines is 1. The lowest BCUT2D eigenvalue weighted by atomic mass is 10.2. The molecule has 1 fully saturated rings. The Morgan fingerprint density at radius 2 is 2.11 bits per heavy atom. The standard InChI is InChI=1S/C13H20N2O2S/c1-17-12(16)7-6-11-10-18-13(14-11)15-8-4-2-3-5-9-15/h10H,2-9H2,1H3. The molecule has 0 N–H and O–H groups in total. The summed E-state index contributed by atoms with van der Waals surface area (Å²) in [5.74, 6) is -0.167. The summed E-state index contributed by atoms with van der Waals surface area (Å²) in [6.07, 6.45) is 6.28. The SMILES string of the molecule is COC(=O)CCc1csc(N2CCCCCC2)n1. The van der Waals surface area contributed by atoms with E-state index in [0.717, 1.165) is 23.9 Å². The van der Waals surface area contributed by atoms with E-state index in [1.165, 1.54) is 32.8 Å². The van der Waals surface area contributed by atoms with Crippen LogP contribution in [0.4, 0.5) is 5.13 Å². The number of nitrogens with zero attached hydrogens (tertiary/aromatic N) is 2. The van der Waals surface area contributed by atoms with Crippen molar-refractivity contribution in [1.29, 1.82) is 0 Å². The van der Waals surface area contributed by atoms with Gasteiger partial charge in [0, 0.05) is 24.9 Å². The molecule has 0 bridgehead atoms. The van der Waals surface area contributed by atoms with Gasteiger partial charge < -0.3 is 9.64 Å². The summed E-state index contributed by atoms with van der Waals surface area (Å²) in [6, 6.07) is 0. The Balaban J connectivity index is 1.90. The van der Waals surface area contributed by atoms with Gasteiger partial charge in [-0.05, 0) is 12.8 Å². The molecule has 1 saturated heterocycles. The molecule has 0 unspecified atom stereocenters. The molecule has 0 aliphatic carbocycles. The summed E-state index contributed by atoms with van der Waals surface area (Å²) in [5.41, 5.74) is 1.00. The van der Waals surface area contributed by atoms with Crippen molar-refractivity contribution in [3.05, 3.63) is 11.1 Å². The monoisotopic (exact) mass is 268 g/mol. The van der Waals surface area contributed by atoms with Gasteiger partial charge in [-0.15, -0.1) is 11.3 Å². The molecule has 0 atom stereocenters. The molecule has 1 aromatic rings. The Hall–Kier alpha value is -1.10. The molecule has 1 aliphatic rings. The minimum absolute atomic E-state index is 0.167. The number of hydrogen-bond donors (Lipinski definition) is 0. The summed E-state index contributed by atoms with van der Waals surface area (Å²) in [6.45, 7) is 2.23. The molecule has 0 radical (unpaired) electrons. The lowest BCUT2D eigenvalue weighted by Gasteiger charge is -2.18. The van der Waals surface area contributed by atoms with Crippen molar-refractivity contribution in [2.45, 2.75) is 38.5 Å². The van der Waals surface area contributed by atoms with E-state index < -0.39 is 0 Å². The molecule has 100 valence electrons. The van der Waals surface area contributed by atoms with Crippen molar-refractivity contribution < 1.29 is 9.53 Å². The topological polar surface area (TPSA) is 42.4 Å². The first-order valence-electron chi connectivity index (χ1n) is 6.56. The summed E-state index contributed by atoms with van der Waals surface area (Å²) < 4.78 is 4.64. The van der Waals surface area contributed by atoms with E-state index in [1.807, 2.05) is 0 Å². The second-order valence-corrected chi connectivity index (χ2v) is 5.44. The van der Waals surface area contributed by atoms with Gasteiger partial charge in [-0.3, -0.25) is 4.79 Å². The van der Waals surface area contributed by atoms with Gasteiger partial charge in [0.1, 0.15) is 0 Å². The molecule has 5 heteroatoms. The van der Waals surface area contributed by atoms with Gasteiger partial charge in [-0.2, -0.15) is 0 Å². The van der Waals surface area contributed by atoms with E-state index >= 15 is 0 Å². The fraction of sp³-hybridized carbons (Fsp3) is 0.692. The normalized spacial score (nSPS) is 16.4. The molecule has 1 aliphatic heterocycles. The van der Waals surface area contributed by atoms with Crippen LogP contribution in [0.25, 0.3) is 0 Å². The number of aromatic nitrogens is 1. The maximum absolute atomic E-state index is 11.1. The Kier molecular flexibility index (Phi) is 4.99. The van der Waals surface area contributed by atoms with Crippen molar-refractivity contribution in [2.75, 3.05) is 25.1 Å². The molecule has 18 heavy (non-hydrogen) atoms. The van der Waals surface area contributed by atoms with Crippen LogP contribution in [0.2, 0.25) is 0 Å². The summed E-state index contributed by atoms with van der Waals surface area (Å²) in [7, 11) is 1.42. The van der Waals surface area contributed by atoms with Crippen LogP contribution in [0, 0.1) is 0 Å². The van der Waals surface area contributed by atoms with Gasteiger partial charge in [-0.1, -0.05) is 12.8 Å². The van der Waals surface area contributed by atoms with E-state index in [-0.39, 0.29) is 5.97 Å². The van der Waals surface area contributed by atoms with Crippen LogP contribution in [0.5, 0.6) is 0 Å². The molecule has 0 aromatic carbocycles. The van der Waals surface area contributed by atoms with Crippen LogP contribution in [-0.2, 0) is 16.0 Å². The van der Waals surface area contributed by atoms with Gasteiger partial charge in [0.25, 0.3) is 0 Å². The molecule has 0 saturated carbocycles. The molecular weight excluding hydrogens is 248 g/mol. The van der Waals surface area contributed by atoms with Gasteiger partial charge in [-0.25, -0.2) is 4.98 Å². The molecule has 0 spiro atoms. The highest BCUT2D eigenvalue weighted by molar-refractivity contribution is 7.13. The number of thiazole rings is 1. The first-order chi connectivity index (χ1) is 8.79. The highest BCUT2D eigenvalue weighted by Crippen LogP contribution is 2.24. The van der Waals surface area contributed by atoms with Crippen molar-refractivity contribution in [1.82, 2.24) is 4.98 Å². The van der Waals surface area contributed by atoms with E-state index in [9.17, 15) is 4.79 Å². The highest BCUT2D eigenvalue weighted by Gasteiger charge is 2.13. The second-order valence-electron chi connectivity index (χ2n) is 4.60. The number of carbonyl (C=O) groups excluding carboxylic acids is 1. The number of rotatable bonds is 4. The smallest absolute Gasteiger partial charge is 0.305 e. The Labute approximate surface area is 112 Å². The third-order valence-electron chi connectivity index (χ3n) is 3.23. The summed E-state index contributed by atoms with van der Waals surface area (Å²) >= 11 is 1.69. The fourth-order valence-electron chi connectivity index (χ4n) is 2.15. The maximum Gasteiger partial charge on any atom is 0.305 e. The van der Waals surface area contributed by atoms with Crippen molar-refractivity contribution in [3.8, 4) is 0 Å². The zero-order chi connectivity index (χ0) is 12.8. The van der Waals surface area contributed by atoms with Gasteiger partial charge in [0.15, 0.2) is 5.13 Å². The number of ether oxygens (including phenoxy) is 1. The third kappa shape index (κ3) is 3.70. The first-order valence-corrected chi connectivity index (χ1v) is 7.44. The highest BCUT2D eigenvalue weighted by atomic mass is 32.1. The van der Waals surface area contributed by atoms with E-state index in [1.54, 1.807) is 11.3 Å².